The van der Waals surface area contributed by atoms with Gasteiger partial charge in [-0.2, -0.15) is 0 Å². The third-order valence-electron chi connectivity index (χ3n) is 2.54. The van der Waals surface area contributed by atoms with Gasteiger partial charge in [0.25, 0.3) is 0 Å². The van der Waals surface area contributed by atoms with Crippen LogP contribution >= 0.6 is 0 Å². The molecule has 0 aliphatic carbocycles. The second-order valence-corrected chi connectivity index (χ2v) is 4.02. The number of Topliss-reactive ketones (excluding diaryl/α,β-unsaturated/α-hetero) is 1. The molecule has 1 unspecified atom stereocenters. The molecule has 0 aromatic heterocycles. The SMILES string of the molecule is CCC(C)COc1ccc(F)cc1C(C)=O. The van der Waals surface area contributed by atoms with Gasteiger partial charge in [0, 0.05) is 0 Å². The van der Waals surface area contributed by atoms with E-state index in [4.69, 9.17) is 4.74 Å². The summed E-state index contributed by atoms with van der Waals surface area (Å²) in [5.74, 6) is 0.291. The molecule has 88 valence electrons. The van der Waals surface area contributed by atoms with Crippen LogP contribution in [-0.4, -0.2) is 12.4 Å². The third kappa shape index (κ3) is 3.33. The first kappa shape index (κ1) is 12.7. The predicted molar refractivity (Wildman–Crippen MR) is 61.4 cm³/mol. The van der Waals surface area contributed by atoms with Crippen LogP contribution in [0.3, 0.4) is 0 Å². The van der Waals surface area contributed by atoms with E-state index in [1.54, 1.807) is 0 Å². The van der Waals surface area contributed by atoms with E-state index in [0.717, 1.165) is 6.42 Å². The number of carbonyl (C=O) groups excluding carboxylic acids is 1. The maximum atomic E-state index is 13.0. The molecule has 0 bridgehead atoms. The molecule has 0 fully saturated rings. The summed E-state index contributed by atoms with van der Waals surface area (Å²) in [6.07, 6.45) is 1.01. The lowest BCUT2D eigenvalue weighted by Crippen LogP contribution is -2.09. The maximum Gasteiger partial charge on any atom is 0.163 e. The van der Waals surface area contributed by atoms with Gasteiger partial charge in [-0.3, -0.25) is 4.79 Å². The standard InChI is InChI=1S/C13H17FO2/c1-4-9(2)8-16-13-6-5-11(14)7-12(13)10(3)15/h5-7,9H,4,8H2,1-3H3. The molecular weight excluding hydrogens is 207 g/mol. The highest BCUT2D eigenvalue weighted by Crippen LogP contribution is 2.21. The molecule has 0 spiro atoms. The Hall–Kier alpha value is -1.38. The van der Waals surface area contributed by atoms with E-state index in [9.17, 15) is 9.18 Å². The van der Waals surface area contributed by atoms with Crippen LogP contribution in [0.15, 0.2) is 18.2 Å². The van der Waals surface area contributed by atoms with Gasteiger partial charge in [0.15, 0.2) is 5.78 Å². The van der Waals surface area contributed by atoms with Crippen molar-refractivity contribution >= 4 is 5.78 Å². The second kappa shape index (κ2) is 5.64. The van der Waals surface area contributed by atoms with Crippen molar-refractivity contribution in [2.45, 2.75) is 27.2 Å². The van der Waals surface area contributed by atoms with Gasteiger partial charge in [0.1, 0.15) is 11.6 Å². The minimum Gasteiger partial charge on any atom is -0.493 e. The topological polar surface area (TPSA) is 26.3 Å². The number of hydrogen-bond donors (Lipinski definition) is 0. The molecule has 0 amide bonds. The Balaban J connectivity index is 2.82. The highest BCUT2D eigenvalue weighted by atomic mass is 19.1. The van der Waals surface area contributed by atoms with Crippen molar-refractivity contribution in [3.8, 4) is 5.75 Å². The van der Waals surface area contributed by atoms with E-state index >= 15 is 0 Å². The lowest BCUT2D eigenvalue weighted by Gasteiger charge is -2.13. The Kier molecular flexibility index (Phi) is 4.47. The van der Waals surface area contributed by atoms with Crippen LogP contribution < -0.4 is 4.74 Å². The van der Waals surface area contributed by atoms with E-state index in [0.29, 0.717) is 23.8 Å². The average Bonchev–Trinajstić information content (AvgIpc) is 2.26. The number of halogens is 1. The number of ether oxygens (including phenoxy) is 1. The Morgan fingerprint density at radius 2 is 2.19 bits per heavy atom. The molecule has 2 nitrogen and oxygen atoms in total. The van der Waals surface area contributed by atoms with E-state index in [1.807, 2.05) is 0 Å². The number of benzene rings is 1. The summed E-state index contributed by atoms with van der Waals surface area (Å²) >= 11 is 0. The van der Waals surface area contributed by atoms with Crippen LogP contribution in [0.5, 0.6) is 5.75 Å². The summed E-state index contributed by atoms with van der Waals surface area (Å²) in [4.78, 5) is 11.3. The summed E-state index contributed by atoms with van der Waals surface area (Å²) in [7, 11) is 0. The Morgan fingerprint density at radius 1 is 1.50 bits per heavy atom. The molecule has 1 rings (SSSR count). The van der Waals surface area contributed by atoms with Gasteiger partial charge in [-0.25, -0.2) is 4.39 Å². The molecule has 1 aromatic rings. The summed E-state index contributed by atoms with van der Waals surface area (Å²) in [6, 6.07) is 4.03. The second-order valence-electron chi connectivity index (χ2n) is 4.02. The van der Waals surface area contributed by atoms with E-state index in [1.165, 1.54) is 25.1 Å². The van der Waals surface area contributed by atoms with Gasteiger partial charge >= 0.3 is 0 Å². The van der Waals surface area contributed by atoms with Crippen molar-refractivity contribution < 1.29 is 13.9 Å². The Morgan fingerprint density at radius 3 is 2.75 bits per heavy atom. The Bertz CT molecular complexity index is 374. The fourth-order valence-corrected chi connectivity index (χ4v) is 1.25. The minimum atomic E-state index is -0.416. The highest BCUT2D eigenvalue weighted by Gasteiger charge is 2.10. The summed E-state index contributed by atoms with van der Waals surface area (Å²) < 4.78 is 18.5. The van der Waals surface area contributed by atoms with Crippen LogP contribution in [0.4, 0.5) is 4.39 Å². The van der Waals surface area contributed by atoms with E-state index < -0.39 is 5.82 Å². The van der Waals surface area contributed by atoms with Crippen molar-refractivity contribution in [2.75, 3.05) is 6.61 Å². The normalized spacial score (nSPS) is 12.2. The summed E-state index contributed by atoms with van der Waals surface area (Å²) in [5.41, 5.74) is 0.309. The highest BCUT2D eigenvalue weighted by molar-refractivity contribution is 5.96. The zero-order chi connectivity index (χ0) is 12.1. The van der Waals surface area contributed by atoms with Crippen molar-refractivity contribution in [1.82, 2.24) is 0 Å². The Labute approximate surface area is 95.4 Å². The summed E-state index contributed by atoms with van der Waals surface area (Å²) in [6.45, 7) is 6.09. The fraction of sp³-hybridized carbons (Fsp3) is 0.462. The largest absolute Gasteiger partial charge is 0.493 e. The lowest BCUT2D eigenvalue weighted by atomic mass is 10.1. The molecule has 3 heteroatoms. The first-order chi connectivity index (χ1) is 7.54. The van der Waals surface area contributed by atoms with Crippen molar-refractivity contribution in [1.29, 1.82) is 0 Å². The van der Waals surface area contributed by atoms with Gasteiger partial charge in [0.2, 0.25) is 0 Å². The molecule has 0 N–H and O–H groups in total. The van der Waals surface area contributed by atoms with Gasteiger partial charge in [-0.15, -0.1) is 0 Å². The van der Waals surface area contributed by atoms with Gasteiger partial charge in [-0.05, 0) is 31.0 Å². The van der Waals surface area contributed by atoms with E-state index in [-0.39, 0.29) is 5.78 Å². The first-order valence-corrected chi connectivity index (χ1v) is 5.47. The quantitative estimate of drug-likeness (QED) is 0.716. The molecule has 1 aromatic carbocycles. The zero-order valence-electron chi connectivity index (χ0n) is 9.92. The monoisotopic (exact) mass is 224 g/mol. The van der Waals surface area contributed by atoms with Crippen molar-refractivity contribution in [3.05, 3.63) is 29.6 Å². The molecule has 1 atom stereocenters. The van der Waals surface area contributed by atoms with Gasteiger partial charge in [-0.1, -0.05) is 20.3 Å². The van der Waals surface area contributed by atoms with Crippen LogP contribution in [0, 0.1) is 11.7 Å². The van der Waals surface area contributed by atoms with Crippen LogP contribution in [-0.2, 0) is 0 Å². The summed E-state index contributed by atoms with van der Waals surface area (Å²) in [5, 5.41) is 0. The smallest absolute Gasteiger partial charge is 0.163 e. The number of rotatable bonds is 5. The molecule has 0 aliphatic rings. The lowest BCUT2D eigenvalue weighted by molar-refractivity contribution is 0.101. The third-order valence-corrected chi connectivity index (χ3v) is 2.54. The first-order valence-electron chi connectivity index (χ1n) is 5.47. The zero-order valence-corrected chi connectivity index (χ0v) is 9.92. The molecular formula is C13H17FO2. The average molecular weight is 224 g/mol. The number of ketones is 1. The maximum absolute atomic E-state index is 13.0. The molecule has 0 radical (unpaired) electrons. The van der Waals surface area contributed by atoms with Crippen LogP contribution in [0.2, 0.25) is 0 Å². The molecule has 0 saturated carbocycles. The molecule has 0 heterocycles. The minimum absolute atomic E-state index is 0.182. The fourth-order valence-electron chi connectivity index (χ4n) is 1.25. The number of hydrogen-bond acceptors (Lipinski definition) is 2. The van der Waals surface area contributed by atoms with Crippen LogP contribution in [0.25, 0.3) is 0 Å². The van der Waals surface area contributed by atoms with Gasteiger partial charge < -0.3 is 4.74 Å². The van der Waals surface area contributed by atoms with E-state index in [2.05, 4.69) is 13.8 Å². The molecule has 0 aliphatic heterocycles. The molecule has 16 heavy (non-hydrogen) atoms. The predicted octanol–water partition coefficient (Wildman–Crippen LogP) is 3.45. The van der Waals surface area contributed by atoms with Gasteiger partial charge in [0.05, 0.1) is 12.2 Å². The van der Waals surface area contributed by atoms with Crippen molar-refractivity contribution in [2.24, 2.45) is 5.92 Å². The molecule has 0 saturated heterocycles. The van der Waals surface area contributed by atoms with Crippen molar-refractivity contribution in [3.63, 3.8) is 0 Å². The number of carbonyl (C=O) groups is 1. The van der Waals surface area contributed by atoms with Crippen LogP contribution in [0.1, 0.15) is 37.6 Å².